The lowest BCUT2D eigenvalue weighted by atomic mass is 11.6. The Hall–Kier alpha value is -0.340. The number of hydrogen-bond donors (Lipinski definition) is 2. The minimum Gasteiger partial charge on any atom is -0.264 e. The highest BCUT2D eigenvalue weighted by Gasteiger charge is 1.86. The van der Waals surface area contributed by atoms with Crippen LogP contribution in [0.15, 0.2) is 0 Å². The third-order valence-electron chi connectivity index (χ3n) is 0. The molecule has 0 bridgehead atoms. The SMILES string of the molecule is C.FC(F)F.O=S(=O)(O)O. The lowest BCUT2D eigenvalue weighted by molar-refractivity contribution is 0.00819. The van der Waals surface area contributed by atoms with Gasteiger partial charge in [0.05, 0.1) is 0 Å². The minimum atomic E-state index is -4.67. The molecule has 0 amide bonds. The molecule has 0 aromatic heterocycles. The van der Waals surface area contributed by atoms with Crippen LogP contribution >= 0.6 is 0 Å². The zero-order valence-corrected chi connectivity index (χ0v) is 4.65. The van der Waals surface area contributed by atoms with Gasteiger partial charge in [0, 0.05) is 0 Å². The lowest BCUT2D eigenvalue weighted by Gasteiger charge is -1.68. The summed E-state index contributed by atoms with van der Waals surface area (Å²) in [6.45, 7) is -3.67. The summed E-state index contributed by atoms with van der Waals surface area (Å²) in [6.07, 6.45) is 0. The number of alkyl halides is 3. The normalized spacial score (nSPS) is 9.40. The molecular weight excluding hydrogens is 177 g/mol. The van der Waals surface area contributed by atoms with Crippen molar-refractivity contribution in [1.82, 2.24) is 0 Å². The maximum Gasteiger partial charge on any atom is 0.394 e. The summed E-state index contributed by atoms with van der Waals surface area (Å²) in [4.78, 5) is 0. The smallest absolute Gasteiger partial charge is 0.264 e. The van der Waals surface area contributed by atoms with Crippen molar-refractivity contribution in [3.8, 4) is 0 Å². The molecule has 0 saturated carbocycles. The van der Waals surface area contributed by atoms with Crippen molar-refractivity contribution in [2.24, 2.45) is 0 Å². The summed E-state index contributed by atoms with van der Waals surface area (Å²) in [5.74, 6) is 0. The van der Waals surface area contributed by atoms with Crippen LogP contribution in [0.3, 0.4) is 0 Å². The van der Waals surface area contributed by atoms with Crippen LogP contribution in [-0.2, 0) is 10.4 Å². The van der Waals surface area contributed by atoms with E-state index in [0.29, 0.717) is 0 Å². The van der Waals surface area contributed by atoms with Crippen LogP contribution in [0, 0.1) is 0 Å². The molecule has 0 heterocycles. The Labute approximate surface area is 56.2 Å². The zero-order valence-electron chi connectivity index (χ0n) is 3.83. The third kappa shape index (κ3) is 2940. The van der Waals surface area contributed by atoms with E-state index < -0.39 is 17.1 Å². The van der Waals surface area contributed by atoms with Crippen molar-refractivity contribution in [3.05, 3.63) is 0 Å². The molecule has 66 valence electrons. The average molecular weight is 184 g/mol. The topological polar surface area (TPSA) is 74.6 Å². The predicted octanol–water partition coefficient (Wildman–Crippen LogP) is 1.16. The van der Waals surface area contributed by atoms with E-state index in [2.05, 4.69) is 0 Å². The lowest BCUT2D eigenvalue weighted by Crippen LogP contribution is -1.89. The van der Waals surface area contributed by atoms with E-state index in [1.807, 2.05) is 0 Å². The first-order valence-corrected chi connectivity index (χ1v) is 2.75. The molecule has 0 spiro atoms. The molecule has 8 heteroatoms. The average Bonchev–Trinajstić information content (AvgIpc) is 1.19. The van der Waals surface area contributed by atoms with Gasteiger partial charge < -0.3 is 0 Å². The largest absolute Gasteiger partial charge is 0.394 e. The van der Waals surface area contributed by atoms with Gasteiger partial charge in [-0.1, -0.05) is 7.43 Å². The van der Waals surface area contributed by atoms with E-state index in [1.165, 1.54) is 0 Å². The van der Waals surface area contributed by atoms with Crippen molar-refractivity contribution in [3.63, 3.8) is 0 Å². The van der Waals surface area contributed by atoms with Crippen LogP contribution < -0.4 is 0 Å². The second kappa shape index (κ2) is 6.78. The van der Waals surface area contributed by atoms with Crippen LogP contribution in [0.2, 0.25) is 0 Å². The Morgan fingerprint density at radius 2 is 1.10 bits per heavy atom. The van der Waals surface area contributed by atoms with Gasteiger partial charge in [-0.3, -0.25) is 9.11 Å². The van der Waals surface area contributed by atoms with Gasteiger partial charge in [0.15, 0.2) is 0 Å². The fraction of sp³-hybridized carbons (Fsp3) is 1.00. The quantitative estimate of drug-likeness (QED) is 0.554. The fourth-order valence-corrected chi connectivity index (χ4v) is 0. The molecule has 0 saturated heterocycles. The van der Waals surface area contributed by atoms with E-state index in [4.69, 9.17) is 17.5 Å². The summed E-state index contributed by atoms with van der Waals surface area (Å²) in [6, 6.07) is 0. The van der Waals surface area contributed by atoms with E-state index in [0.717, 1.165) is 0 Å². The number of hydrogen-bond acceptors (Lipinski definition) is 2. The van der Waals surface area contributed by atoms with Crippen molar-refractivity contribution in [1.29, 1.82) is 0 Å². The van der Waals surface area contributed by atoms with E-state index >= 15 is 0 Å². The fourth-order valence-electron chi connectivity index (χ4n) is 0. The molecule has 2 N–H and O–H groups in total. The zero-order chi connectivity index (χ0) is 8.08. The molecule has 0 fully saturated rings. The van der Waals surface area contributed by atoms with E-state index in [1.54, 1.807) is 0 Å². The van der Waals surface area contributed by atoms with Crippen molar-refractivity contribution in [2.75, 3.05) is 0 Å². The first-order valence-electron chi connectivity index (χ1n) is 1.35. The highest BCUT2D eigenvalue weighted by Crippen LogP contribution is 1.87. The maximum atomic E-state index is 9.67. The molecule has 0 atom stereocenters. The van der Waals surface area contributed by atoms with Gasteiger partial charge in [-0.25, -0.2) is 0 Å². The van der Waals surface area contributed by atoms with Crippen LogP contribution in [0.5, 0.6) is 0 Å². The van der Waals surface area contributed by atoms with Gasteiger partial charge in [0.2, 0.25) is 0 Å². The molecule has 0 aromatic rings. The Morgan fingerprint density at radius 3 is 1.10 bits per heavy atom. The van der Waals surface area contributed by atoms with Gasteiger partial charge in [0.1, 0.15) is 0 Å². The second-order valence-electron chi connectivity index (χ2n) is 0.695. The Kier molecular flexibility index (Phi) is 11.1. The highest BCUT2D eigenvalue weighted by molar-refractivity contribution is 7.79. The van der Waals surface area contributed by atoms with E-state index in [-0.39, 0.29) is 7.43 Å². The molecule has 0 unspecified atom stereocenters. The number of rotatable bonds is 0. The highest BCUT2D eigenvalue weighted by atomic mass is 32.3. The molecule has 0 rings (SSSR count). The summed E-state index contributed by atoms with van der Waals surface area (Å²) in [7, 11) is -4.67. The first kappa shape index (κ1) is 16.3. The molecule has 4 nitrogen and oxygen atoms in total. The predicted molar refractivity (Wildman–Crippen MR) is 28.0 cm³/mol. The maximum absolute atomic E-state index is 9.67. The Balaban J connectivity index is -0.0000000910. The summed E-state index contributed by atoms with van der Waals surface area (Å²) in [5.41, 5.74) is 0. The third-order valence-corrected chi connectivity index (χ3v) is 0. The van der Waals surface area contributed by atoms with E-state index in [9.17, 15) is 13.2 Å². The summed E-state index contributed by atoms with van der Waals surface area (Å²) < 4.78 is 60.6. The van der Waals surface area contributed by atoms with Crippen molar-refractivity contribution < 1.29 is 30.7 Å². The number of halogens is 3. The van der Waals surface area contributed by atoms with Crippen LogP contribution in [0.1, 0.15) is 7.43 Å². The molecule has 0 aliphatic heterocycles. The van der Waals surface area contributed by atoms with Crippen LogP contribution in [0.25, 0.3) is 0 Å². The standard InChI is InChI=1S/CHF3.CH4.H2O4S/c2-1(3)4;;1-5(2,3)4/h1H;1H4;(H2,1,2,3,4). The molecule has 0 aromatic carbocycles. The van der Waals surface area contributed by atoms with Crippen LogP contribution in [-0.4, -0.2) is 24.2 Å². The van der Waals surface area contributed by atoms with Crippen molar-refractivity contribution in [2.45, 2.75) is 14.1 Å². The molecule has 0 radical (unpaired) electrons. The van der Waals surface area contributed by atoms with Gasteiger partial charge >= 0.3 is 17.1 Å². The Bertz CT molecular complexity index is 130. The molecule has 0 aliphatic carbocycles. The first-order chi connectivity index (χ1) is 3.73. The molecule has 0 aliphatic rings. The molecule has 10 heavy (non-hydrogen) atoms. The second-order valence-corrected chi connectivity index (χ2v) is 1.59. The van der Waals surface area contributed by atoms with Gasteiger partial charge in [-0.05, 0) is 0 Å². The summed E-state index contributed by atoms with van der Waals surface area (Å²) >= 11 is 0. The Morgan fingerprint density at radius 1 is 1.10 bits per heavy atom. The monoisotopic (exact) mass is 184 g/mol. The van der Waals surface area contributed by atoms with Crippen LogP contribution in [0.4, 0.5) is 13.2 Å². The van der Waals surface area contributed by atoms with Crippen molar-refractivity contribution >= 4 is 10.4 Å². The van der Waals surface area contributed by atoms with Gasteiger partial charge in [0.25, 0.3) is 0 Å². The van der Waals surface area contributed by atoms with Gasteiger partial charge in [-0.2, -0.15) is 21.6 Å². The minimum absolute atomic E-state index is 0. The summed E-state index contributed by atoms with van der Waals surface area (Å²) in [5, 5.41) is 0. The molecular formula is C2H7F3O4S. The van der Waals surface area contributed by atoms with Gasteiger partial charge in [-0.15, -0.1) is 0 Å².